The van der Waals surface area contributed by atoms with Gasteiger partial charge in [0.15, 0.2) is 0 Å². The van der Waals surface area contributed by atoms with E-state index in [2.05, 4.69) is 0 Å². The number of thiocarbonyl (C=S) groups is 1. The summed E-state index contributed by atoms with van der Waals surface area (Å²) in [5.41, 5.74) is -0.314. The van der Waals surface area contributed by atoms with Crippen molar-refractivity contribution in [2.45, 2.75) is 34.1 Å². The summed E-state index contributed by atoms with van der Waals surface area (Å²) in [6.07, 6.45) is 0.813. The highest BCUT2D eigenvalue weighted by molar-refractivity contribution is 8.32. The van der Waals surface area contributed by atoms with Gasteiger partial charge in [0, 0.05) is 5.41 Å². The molecule has 4 heteroatoms. The standard InChI is InChI=1S/C9H16O2S2/c1-5-9(3,4)7(10)13-8(12)11-6-2/h5-6H2,1-4H3. The van der Waals surface area contributed by atoms with Crippen LogP contribution in [0.5, 0.6) is 0 Å². The fourth-order valence-electron chi connectivity index (χ4n) is 0.505. The summed E-state index contributed by atoms with van der Waals surface area (Å²) < 4.78 is 5.35. The molecule has 0 atom stereocenters. The molecule has 76 valence electrons. The van der Waals surface area contributed by atoms with Gasteiger partial charge in [-0.15, -0.1) is 0 Å². The average molecular weight is 220 g/mol. The van der Waals surface area contributed by atoms with Crippen LogP contribution in [0.3, 0.4) is 0 Å². The topological polar surface area (TPSA) is 26.3 Å². The Bertz CT molecular complexity index is 200. The Morgan fingerprint density at radius 2 is 2.00 bits per heavy atom. The third kappa shape index (κ3) is 4.62. The van der Waals surface area contributed by atoms with Gasteiger partial charge in [-0.2, -0.15) is 0 Å². The minimum Gasteiger partial charge on any atom is -0.479 e. The van der Waals surface area contributed by atoms with Gasteiger partial charge >= 0.3 is 0 Å². The Kier molecular flexibility index (Phi) is 5.56. The van der Waals surface area contributed by atoms with Crippen molar-refractivity contribution in [2.75, 3.05) is 6.61 Å². The molecule has 0 aromatic rings. The van der Waals surface area contributed by atoms with Gasteiger partial charge in [-0.3, -0.25) is 4.79 Å². The summed E-state index contributed by atoms with van der Waals surface area (Å²) in [6.45, 7) is 8.18. The highest BCUT2D eigenvalue weighted by Gasteiger charge is 2.27. The quantitative estimate of drug-likeness (QED) is 0.683. The first-order valence-corrected chi connectivity index (χ1v) is 5.55. The lowest BCUT2D eigenvalue weighted by atomic mass is 9.92. The van der Waals surface area contributed by atoms with Crippen molar-refractivity contribution in [1.82, 2.24) is 0 Å². The summed E-state index contributed by atoms with van der Waals surface area (Å²) in [6, 6.07) is 0. The molecule has 0 spiro atoms. The van der Waals surface area contributed by atoms with Crippen LogP contribution in [0.15, 0.2) is 0 Å². The fraction of sp³-hybridized carbons (Fsp3) is 0.778. The van der Waals surface area contributed by atoms with Gasteiger partial charge in [0.25, 0.3) is 0 Å². The first-order valence-electron chi connectivity index (χ1n) is 4.33. The van der Waals surface area contributed by atoms with Gasteiger partial charge in [-0.25, -0.2) is 0 Å². The molecule has 0 aliphatic heterocycles. The minimum absolute atomic E-state index is 0.0773. The van der Waals surface area contributed by atoms with Gasteiger partial charge in [0.1, 0.15) is 0 Å². The summed E-state index contributed by atoms with van der Waals surface area (Å²) in [5.74, 6) is 0. The molecular formula is C9H16O2S2. The van der Waals surface area contributed by atoms with Crippen LogP contribution in [0.2, 0.25) is 0 Å². The molecule has 0 aromatic heterocycles. The summed E-state index contributed by atoms with van der Waals surface area (Å²) in [5, 5.41) is 0.0773. The number of carbonyl (C=O) groups is 1. The Morgan fingerprint density at radius 1 is 1.46 bits per heavy atom. The first kappa shape index (κ1) is 12.9. The van der Waals surface area contributed by atoms with E-state index < -0.39 is 0 Å². The highest BCUT2D eigenvalue weighted by Crippen LogP contribution is 2.28. The number of hydrogen-bond donors (Lipinski definition) is 0. The van der Waals surface area contributed by atoms with Crippen molar-refractivity contribution in [1.29, 1.82) is 0 Å². The normalized spacial score (nSPS) is 11.1. The largest absolute Gasteiger partial charge is 0.479 e. The van der Waals surface area contributed by atoms with Gasteiger partial charge in [0.05, 0.1) is 6.61 Å². The maximum absolute atomic E-state index is 11.6. The van der Waals surface area contributed by atoms with Crippen molar-refractivity contribution in [2.24, 2.45) is 5.41 Å². The Morgan fingerprint density at radius 3 is 2.38 bits per heavy atom. The zero-order valence-electron chi connectivity index (χ0n) is 8.55. The van der Waals surface area contributed by atoms with Crippen molar-refractivity contribution >= 4 is 33.5 Å². The average Bonchev–Trinajstić information content (AvgIpc) is 2.04. The molecule has 0 amide bonds. The second kappa shape index (κ2) is 5.60. The smallest absolute Gasteiger partial charge is 0.227 e. The van der Waals surface area contributed by atoms with Crippen LogP contribution < -0.4 is 0 Å². The molecule has 0 aliphatic carbocycles. The third-order valence-corrected chi connectivity index (χ3v) is 3.27. The molecule has 2 nitrogen and oxygen atoms in total. The zero-order valence-corrected chi connectivity index (χ0v) is 10.2. The van der Waals surface area contributed by atoms with E-state index in [0.29, 0.717) is 11.0 Å². The van der Waals surface area contributed by atoms with Crippen LogP contribution >= 0.6 is 24.0 Å². The van der Waals surface area contributed by atoms with E-state index in [1.165, 1.54) is 0 Å². The minimum atomic E-state index is -0.314. The lowest BCUT2D eigenvalue weighted by molar-refractivity contribution is -0.118. The number of rotatable bonds is 3. The summed E-state index contributed by atoms with van der Waals surface area (Å²) in [7, 11) is 0. The number of carbonyl (C=O) groups excluding carboxylic acids is 1. The van der Waals surface area contributed by atoms with Crippen molar-refractivity contribution in [3.63, 3.8) is 0 Å². The van der Waals surface area contributed by atoms with Crippen LogP contribution in [0.4, 0.5) is 0 Å². The maximum Gasteiger partial charge on any atom is 0.227 e. The van der Waals surface area contributed by atoms with E-state index in [1.54, 1.807) is 0 Å². The maximum atomic E-state index is 11.6. The van der Waals surface area contributed by atoms with E-state index in [4.69, 9.17) is 17.0 Å². The fourth-order valence-corrected chi connectivity index (χ4v) is 1.60. The molecule has 0 bridgehead atoms. The molecule has 0 aliphatic rings. The van der Waals surface area contributed by atoms with Gasteiger partial charge in [-0.05, 0) is 37.3 Å². The van der Waals surface area contributed by atoms with Crippen molar-refractivity contribution in [3.8, 4) is 0 Å². The molecule has 0 saturated heterocycles. The second-order valence-electron chi connectivity index (χ2n) is 3.31. The molecule has 0 radical (unpaired) electrons. The molecule has 0 fully saturated rings. The van der Waals surface area contributed by atoms with Crippen molar-refractivity contribution < 1.29 is 9.53 Å². The monoisotopic (exact) mass is 220 g/mol. The van der Waals surface area contributed by atoms with Crippen LogP contribution in [-0.4, -0.2) is 16.1 Å². The van der Waals surface area contributed by atoms with Crippen molar-refractivity contribution in [3.05, 3.63) is 0 Å². The van der Waals surface area contributed by atoms with E-state index >= 15 is 0 Å². The number of ether oxygens (including phenoxy) is 1. The second-order valence-corrected chi connectivity index (χ2v) is 4.88. The molecule has 13 heavy (non-hydrogen) atoms. The van der Waals surface area contributed by atoms with E-state index in [1.807, 2.05) is 27.7 Å². The van der Waals surface area contributed by atoms with Gasteiger partial charge in [-0.1, -0.05) is 20.8 Å². The van der Waals surface area contributed by atoms with Gasteiger partial charge in [0.2, 0.25) is 9.50 Å². The van der Waals surface area contributed by atoms with E-state index in [9.17, 15) is 4.79 Å². The third-order valence-electron chi connectivity index (χ3n) is 1.87. The molecular weight excluding hydrogens is 204 g/mol. The predicted molar refractivity (Wildman–Crippen MR) is 60.9 cm³/mol. The van der Waals surface area contributed by atoms with Crippen LogP contribution in [-0.2, 0) is 9.53 Å². The highest BCUT2D eigenvalue weighted by atomic mass is 32.2. The number of thioether (sulfide) groups is 1. The summed E-state index contributed by atoms with van der Waals surface area (Å²) >= 11 is 5.89. The van der Waals surface area contributed by atoms with Crippen LogP contribution in [0.1, 0.15) is 34.1 Å². The van der Waals surface area contributed by atoms with Crippen LogP contribution in [0.25, 0.3) is 0 Å². The lowest BCUT2D eigenvalue weighted by Crippen LogP contribution is -2.21. The first-order chi connectivity index (χ1) is 5.94. The number of hydrogen-bond acceptors (Lipinski definition) is 4. The molecule has 0 aromatic carbocycles. The lowest BCUT2D eigenvalue weighted by Gasteiger charge is -2.19. The predicted octanol–water partition coefficient (Wildman–Crippen LogP) is 3.00. The zero-order chi connectivity index (χ0) is 10.5. The van der Waals surface area contributed by atoms with Gasteiger partial charge < -0.3 is 4.74 Å². The molecule has 0 heterocycles. The van der Waals surface area contributed by atoms with Crippen LogP contribution in [0, 0.1) is 5.41 Å². The summed E-state index contributed by atoms with van der Waals surface area (Å²) in [4.78, 5) is 11.6. The Hall–Kier alpha value is -0.0900. The Balaban J connectivity index is 4.07. The van der Waals surface area contributed by atoms with E-state index in [0.717, 1.165) is 18.2 Å². The molecule has 0 unspecified atom stereocenters. The molecule has 0 saturated carbocycles. The molecule has 0 rings (SSSR count). The SMILES string of the molecule is CCOC(=S)SC(=O)C(C)(C)CC. The Labute approximate surface area is 89.4 Å². The van der Waals surface area contributed by atoms with E-state index in [-0.39, 0.29) is 10.5 Å². The molecule has 0 N–H and O–H groups in total.